The average molecular weight is 375 g/mol. The summed E-state index contributed by atoms with van der Waals surface area (Å²) >= 11 is 0. The maximum absolute atomic E-state index is 12.7. The zero-order chi connectivity index (χ0) is 18.3. The number of nitrogens with one attached hydrogen (secondary N) is 1. The van der Waals surface area contributed by atoms with Gasteiger partial charge in [-0.2, -0.15) is 0 Å². The van der Waals surface area contributed by atoms with Gasteiger partial charge in [0.05, 0.1) is 22.4 Å². The monoisotopic (exact) mass is 375 g/mol. The molecular weight excluding hydrogens is 354 g/mol. The molecule has 3 heterocycles. The predicted octanol–water partition coefficient (Wildman–Crippen LogP) is 1.04. The van der Waals surface area contributed by atoms with Crippen LogP contribution in [-0.4, -0.2) is 41.4 Å². The second kappa shape index (κ2) is 6.50. The highest BCUT2D eigenvalue weighted by Crippen LogP contribution is 2.17. The highest BCUT2D eigenvalue weighted by molar-refractivity contribution is 7.91. The molecule has 8 heteroatoms. The van der Waals surface area contributed by atoms with Gasteiger partial charge in [0.1, 0.15) is 5.82 Å². The molecule has 138 valence electrons. The molecule has 2 aliphatic heterocycles. The standard InChI is InChI=1S/C18H21N3O4S/c22-17(19-13-7-9-26(24,25)11-13)12-5-6-14-15(10-12)20-16-4-2-1-3-8-21(16)18(14)23/h5-6,10,13H,1-4,7-9,11H2,(H,19,22). The SMILES string of the molecule is O=C(NC1CCS(=O)(=O)C1)c1ccc2c(=O)n3c(nc2c1)CCCCC3. The Labute approximate surface area is 151 Å². The molecule has 4 rings (SSSR count). The van der Waals surface area contributed by atoms with E-state index in [-0.39, 0.29) is 29.0 Å². The Bertz CT molecular complexity index is 1040. The molecule has 1 amide bonds. The number of fused-ring (bicyclic) bond motifs is 2. The molecule has 2 aromatic rings. The Kier molecular flexibility index (Phi) is 4.30. The minimum absolute atomic E-state index is 0.0145. The molecular formula is C18H21N3O4S. The maximum Gasteiger partial charge on any atom is 0.261 e. The molecule has 1 saturated heterocycles. The lowest BCUT2D eigenvalue weighted by molar-refractivity contribution is 0.0941. The van der Waals surface area contributed by atoms with Crippen molar-refractivity contribution in [3.63, 3.8) is 0 Å². The third-order valence-corrected chi connectivity index (χ3v) is 6.91. The van der Waals surface area contributed by atoms with E-state index in [4.69, 9.17) is 0 Å². The first kappa shape index (κ1) is 17.2. The molecule has 1 unspecified atom stereocenters. The number of nitrogens with zero attached hydrogens (tertiary/aromatic N) is 2. The fourth-order valence-electron chi connectivity index (χ4n) is 3.74. The van der Waals surface area contributed by atoms with Gasteiger partial charge >= 0.3 is 0 Å². The quantitative estimate of drug-likeness (QED) is 0.846. The van der Waals surface area contributed by atoms with Gasteiger partial charge in [-0.05, 0) is 37.5 Å². The van der Waals surface area contributed by atoms with Gasteiger partial charge in [-0.3, -0.25) is 14.2 Å². The summed E-state index contributed by atoms with van der Waals surface area (Å²) in [6.07, 6.45) is 4.27. The number of aryl methyl sites for hydroxylation is 1. The number of benzene rings is 1. The largest absolute Gasteiger partial charge is 0.348 e. The summed E-state index contributed by atoms with van der Waals surface area (Å²) in [4.78, 5) is 29.8. The molecule has 1 aromatic carbocycles. The van der Waals surface area contributed by atoms with Gasteiger partial charge in [0.15, 0.2) is 9.84 Å². The van der Waals surface area contributed by atoms with Gasteiger partial charge < -0.3 is 5.32 Å². The van der Waals surface area contributed by atoms with Crippen LogP contribution in [0.25, 0.3) is 10.9 Å². The Morgan fingerprint density at radius 2 is 2.08 bits per heavy atom. The van der Waals surface area contributed by atoms with Crippen LogP contribution in [0.15, 0.2) is 23.0 Å². The molecule has 0 saturated carbocycles. The summed E-state index contributed by atoms with van der Waals surface area (Å²) in [5.74, 6) is 0.546. The number of hydrogen-bond donors (Lipinski definition) is 1. The van der Waals surface area contributed by atoms with E-state index in [1.807, 2.05) is 0 Å². The smallest absolute Gasteiger partial charge is 0.261 e. The molecule has 7 nitrogen and oxygen atoms in total. The van der Waals surface area contributed by atoms with E-state index in [0.29, 0.717) is 29.4 Å². The van der Waals surface area contributed by atoms with Crippen LogP contribution >= 0.6 is 0 Å². The highest BCUT2D eigenvalue weighted by Gasteiger charge is 2.29. The fourth-order valence-corrected chi connectivity index (χ4v) is 5.41. The number of carbonyl (C=O) groups excluding carboxylic acids is 1. The van der Waals surface area contributed by atoms with Crippen LogP contribution in [0.2, 0.25) is 0 Å². The van der Waals surface area contributed by atoms with Gasteiger partial charge in [-0.15, -0.1) is 0 Å². The Morgan fingerprint density at radius 1 is 1.23 bits per heavy atom. The van der Waals surface area contributed by atoms with Crippen molar-refractivity contribution < 1.29 is 13.2 Å². The molecule has 0 radical (unpaired) electrons. The van der Waals surface area contributed by atoms with Gasteiger partial charge in [-0.25, -0.2) is 13.4 Å². The van der Waals surface area contributed by atoms with Crippen molar-refractivity contribution >= 4 is 26.6 Å². The molecule has 1 N–H and O–H groups in total. The van der Waals surface area contributed by atoms with E-state index in [9.17, 15) is 18.0 Å². The van der Waals surface area contributed by atoms with Crippen molar-refractivity contribution in [3.05, 3.63) is 39.9 Å². The number of sulfone groups is 1. The molecule has 1 aromatic heterocycles. The van der Waals surface area contributed by atoms with Crippen LogP contribution in [0.3, 0.4) is 0 Å². The van der Waals surface area contributed by atoms with Crippen molar-refractivity contribution in [2.75, 3.05) is 11.5 Å². The zero-order valence-electron chi connectivity index (χ0n) is 14.4. The number of rotatable bonds is 2. The third kappa shape index (κ3) is 3.25. The summed E-state index contributed by atoms with van der Waals surface area (Å²) in [5, 5.41) is 3.28. The van der Waals surface area contributed by atoms with E-state index >= 15 is 0 Å². The summed E-state index contributed by atoms with van der Waals surface area (Å²) < 4.78 is 24.8. The number of amides is 1. The van der Waals surface area contributed by atoms with Crippen LogP contribution in [0.4, 0.5) is 0 Å². The lowest BCUT2D eigenvalue weighted by Crippen LogP contribution is -2.35. The van der Waals surface area contributed by atoms with E-state index in [1.54, 1.807) is 22.8 Å². The summed E-state index contributed by atoms with van der Waals surface area (Å²) in [6.45, 7) is 0.690. The highest BCUT2D eigenvalue weighted by atomic mass is 32.2. The first-order valence-corrected chi connectivity index (χ1v) is 10.8. The second-order valence-corrected chi connectivity index (χ2v) is 9.33. The normalized spacial score (nSPS) is 21.9. The lowest BCUT2D eigenvalue weighted by Gasteiger charge is -2.13. The van der Waals surface area contributed by atoms with E-state index in [1.165, 1.54) is 0 Å². The number of aromatic nitrogens is 2. The fraction of sp³-hybridized carbons (Fsp3) is 0.500. The van der Waals surface area contributed by atoms with Crippen LogP contribution in [0, 0.1) is 0 Å². The Balaban J connectivity index is 1.65. The molecule has 1 fully saturated rings. The molecule has 26 heavy (non-hydrogen) atoms. The molecule has 1 atom stereocenters. The Morgan fingerprint density at radius 3 is 2.85 bits per heavy atom. The first-order valence-electron chi connectivity index (χ1n) is 8.98. The molecule has 2 aliphatic rings. The average Bonchev–Trinajstić information content (AvgIpc) is 2.80. The summed E-state index contributed by atoms with van der Waals surface area (Å²) in [7, 11) is -3.05. The first-order chi connectivity index (χ1) is 12.4. The second-order valence-electron chi connectivity index (χ2n) is 7.10. The topological polar surface area (TPSA) is 98.1 Å². The van der Waals surface area contributed by atoms with E-state index in [0.717, 1.165) is 31.5 Å². The van der Waals surface area contributed by atoms with Crippen LogP contribution in [-0.2, 0) is 22.8 Å². The van der Waals surface area contributed by atoms with E-state index < -0.39 is 9.84 Å². The molecule has 0 aliphatic carbocycles. The molecule has 0 spiro atoms. The zero-order valence-corrected chi connectivity index (χ0v) is 15.2. The Hall–Kier alpha value is -2.22. The van der Waals surface area contributed by atoms with Crippen molar-refractivity contribution in [2.24, 2.45) is 0 Å². The van der Waals surface area contributed by atoms with Crippen molar-refractivity contribution in [1.82, 2.24) is 14.9 Å². The van der Waals surface area contributed by atoms with Gasteiger partial charge in [-0.1, -0.05) is 6.42 Å². The van der Waals surface area contributed by atoms with E-state index in [2.05, 4.69) is 10.3 Å². The van der Waals surface area contributed by atoms with Crippen LogP contribution < -0.4 is 10.9 Å². The lowest BCUT2D eigenvalue weighted by atomic mass is 10.1. The van der Waals surface area contributed by atoms with Gasteiger partial charge in [0.2, 0.25) is 0 Å². The number of carbonyl (C=O) groups is 1. The molecule has 0 bridgehead atoms. The van der Waals surface area contributed by atoms with Crippen LogP contribution in [0.1, 0.15) is 41.9 Å². The van der Waals surface area contributed by atoms with Gasteiger partial charge in [0, 0.05) is 24.6 Å². The minimum atomic E-state index is -3.05. The maximum atomic E-state index is 12.7. The van der Waals surface area contributed by atoms with Crippen molar-refractivity contribution in [1.29, 1.82) is 0 Å². The van der Waals surface area contributed by atoms with Crippen molar-refractivity contribution in [2.45, 2.75) is 44.7 Å². The van der Waals surface area contributed by atoms with Crippen molar-refractivity contribution in [3.8, 4) is 0 Å². The summed E-state index contributed by atoms with van der Waals surface area (Å²) in [6, 6.07) is 4.52. The number of hydrogen-bond acceptors (Lipinski definition) is 5. The predicted molar refractivity (Wildman–Crippen MR) is 98.1 cm³/mol. The third-order valence-electron chi connectivity index (χ3n) is 5.15. The van der Waals surface area contributed by atoms with Crippen LogP contribution in [0.5, 0.6) is 0 Å². The minimum Gasteiger partial charge on any atom is -0.348 e. The summed E-state index contributed by atoms with van der Waals surface area (Å²) in [5.41, 5.74) is 0.864. The van der Waals surface area contributed by atoms with Gasteiger partial charge in [0.25, 0.3) is 11.5 Å².